The standard InChI is InChI=1S/C16H25N3O2S2/c1-11(9-22-3)15(20)18-8-13-5-6-17-14(7-13)19-16(21)12(2)10-23-4/h5-7,11-12H,8-10H2,1-4H3,(H,18,20)(H,17,19,21)/t11-,12+/m1/s1. The van der Waals surface area contributed by atoms with Crippen LogP contribution in [-0.4, -0.2) is 40.8 Å². The summed E-state index contributed by atoms with van der Waals surface area (Å²) in [7, 11) is 0. The number of nitrogens with zero attached hydrogens (tertiary/aromatic N) is 1. The van der Waals surface area contributed by atoms with E-state index in [1.807, 2.05) is 32.4 Å². The molecule has 0 unspecified atom stereocenters. The maximum absolute atomic E-state index is 12.0. The molecule has 1 aromatic heterocycles. The number of pyridine rings is 1. The zero-order valence-corrected chi connectivity index (χ0v) is 15.7. The normalized spacial score (nSPS) is 13.2. The summed E-state index contributed by atoms with van der Waals surface area (Å²) in [5, 5.41) is 5.73. The molecule has 128 valence electrons. The van der Waals surface area contributed by atoms with Gasteiger partial charge in [0.1, 0.15) is 5.82 Å². The molecule has 0 bridgehead atoms. The van der Waals surface area contributed by atoms with Gasteiger partial charge in [-0.2, -0.15) is 23.5 Å². The fourth-order valence-electron chi connectivity index (χ4n) is 1.92. The van der Waals surface area contributed by atoms with Crippen molar-refractivity contribution in [3.8, 4) is 0 Å². The van der Waals surface area contributed by atoms with Crippen LogP contribution < -0.4 is 10.6 Å². The van der Waals surface area contributed by atoms with Gasteiger partial charge in [-0.15, -0.1) is 0 Å². The molecule has 2 atom stereocenters. The van der Waals surface area contributed by atoms with Crippen molar-refractivity contribution in [2.24, 2.45) is 11.8 Å². The molecule has 7 heteroatoms. The second-order valence-electron chi connectivity index (χ2n) is 5.47. The maximum atomic E-state index is 12.0. The Balaban J connectivity index is 2.56. The van der Waals surface area contributed by atoms with E-state index in [9.17, 15) is 9.59 Å². The molecule has 2 N–H and O–H groups in total. The van der Waals surface area contributed by atoms with Crippen LogP contribution in [0.3, 0.4) is 0 Å². The third-order valence-electron chi connectivity index (χ3n) is 3.27. The van der Waals surface area contributed by atoms with Gasteiger partial charge in [0.15, 0.2) is 0 Å². The molecule has 5 nitrogen and oxygen atoms in total. The molecule has 0 fully saturated rings. The summed E-state index contributed by atoms with van der Waals surface area (Å²) in [6.45, 7) is 4.24. The Kier molecular flexibility index (Phi) is 9.09. The van der Waals surface area contributed by atoms with Gasteiger partial charge in [-0.05, 0) is 30.2 Å². The van der Waals surface area contributed by atoms with E-state index in [0.717, 1.165) is 17.1 Å². The predicted octanol–water partition coefficient (Wildman–Crippen LogP) is 2.63. The highest BCUT2D eigenvalue weighted by atomic mass is 32.2. The van der Waals surface area contributed by atoms with Gasteiger partial charge >= 0.3 is 0 Å². The lowest BCUT2D eigenvalue weighted by Crippen LogP contribution is -2.30. The van der Waals surface area contributed by atoms with Gasteiger partial charge in [0.25, 0.3) is 0 Å². The van der Waals surface area contributed by atoms with E-state index in [1.165, 1.54) is 0 Å². The average Bonchev–Trinajstić information content (AvgIpc) is 2.53. The number of nitrogens with one attached hydrogen (secondary N) is 2. The highest BCUT2D eigenvalue weighted by molar-refractivity contribution is 7.98. The minimum Gasteiger partial charge on any atom is -0.352 e. The molecule has 0 radical (unpaired) electrons. The number of aromatic nitrogens is 1. The van der Waals surface area contributed by atoms with Gasteiger partial charge in [0.05, 0.1) is 0 Å². The molecule has 0 saturated carbocycles. The summed E-state index contributed by atoms with van der Waals surface area (Å²) < 4.78 is 0. The monoisotopic (exact) mass is 355 g/mol. The number of amides is 2. The van der Waals surface area contributed by atoms with Crippen LogP contribution in [0.1, 0.15) is 19.4 Å². The lowest BCUT2D eigenvalue weighted by atomic mass is 10.2. The number of carbonyl (C=O) groups excluding carboxylic acids is 2. The number of anilines is 1. The number of hydrogen-bond acceptors (Lipinski definition) is 5. The topological polar surface area (TPSA) is 71.1 Å². The molecule has 0 aliphatic heterocycles. The van der Waals surface area contributed by atoms with Crippen molar-refractivity contribution in [3.05, 3.63) is 23.9 Å². The molecule has 0 aromatic carbocycles. The molecule has 1 aromatic rings. The Labute approximate surface area is 146 Å². The van der Waals surface area contributed by atoms with Crippen molar-refractivity contribution in [2.45, 2.75) is 20.4 Å². The molecule has 0 aliphatic rings. The lowest BCUT2D eigenvalue weighted by molar-refractivity contribution is -0.124. The largest absolute Gasteiger partial charge is 0.352 e. The zero-order valence-electron chi connectivity index (χ0n) is 14.1. The van der Waals surface area contributed by atoms with Crippen molar-refractivity contribution in [3.63, 3.8) is 0 Å². The van der Waals surface area contributed by atoms with E-state index in [4.69, 9.17) is 0 Å². The average molecular weight is 356 g/mol. The minimum atomic E-state index is -0.0671. The molecule has 2 amide bonds. The molecule has 0 spiro atoms. The summed E-state index contributed by atoms with van der Waals surface area (Å²) in [6, 6.07) is 3.63. The van der Waals surface area contributed by atoms with Crippen molar-refractivity contribution in [1.29, 1.82) is 0 Å². The third kappa shape index (κ3) is 7.26. The zero-order chi connectivity index (χ0) is 17.2. The Morgan fingerprint density at radius 1 is 1.13 bits per heavy atom. The Morgan fingerprint density at radius 2 is 1.74 bits per heavy atom. The van der Waals surface area contributed by atoms with Crippen molar-refractivity contribution >= 4 is 41.2 Å². The predicted molar refractivity (Wildman–Crippen MR) is 99.8 cm³/mol. The number of thioether (sulfide) groups is 2. The summed E-state index contributed by atoms with van der Waals surface area (Å²) in [5.41, 5.74) is 0.914. The first-order valence-corrected chi connectivity index (χ1v) is 10.3. The van der Waals surface area contributed by atoms with Gasteiger partial charge in [-0.25, -0.2) is 4.98 Å². The van der Waals surface area contributed by atoms with Gasteiger partial charge in [-0.3, -0.25) is 9.59 Å². The quantitative estimate of drug-likeness (QED) is 0.712. The van der Waals surface area contributed by atoms with Gasteiger partial charge in [-0.1, -0.05) is 13.8 Å². The highest BCUT2D eigenvalue weighted by Gasteiger charge is 2.14. The molecule has 1 heterocycles. The SMILES string of the molecule is CSC[C@@H](C)C(=O)NCc1ccnc(NC(=O)[C@@H](C)CSC)c1. The van der Waals surface area contributed by atoms with E-state index >= 15 is 0 Å². The van der Waals surface area contributed by atoms with Crippen LogP contribution in [0.25, 0.3) is 0 Å². The second-order valence-corrected chi connectivity index (χ2v) is 7.29. The maximum Gasteiger partial charge on any atom is 0.229 e. The van der Waals surface area contributed by atoms with Crippen LogP contribution in [0.2, 0.25) is 0 Å². The van der Waals surface area contributed by atoms with Crippen LogP contribution in [0.5, 0.6) is 0 Å². The number of carbonyl (C=O) groups is 2. The Bertz CT molecular complexity index is 526. The minimum absolute atomic E-state index is 0.0154. The lowest BCUT2D eigenvalue weighted by Gasteiger charge is -2.13. The van der Waals surface area contributed by atoms with Crippen molar-refractivity contribution in [1.82, 2.24) is 10.3 Å². The third-order valence-corrected chi connectivity index (χ3v) is 4.94. The van der Waals surface area contributed by atoms with Gasteiger partial charge in [0.2, 0.25) is 11.8 Å². The summed E-state index contributed by atoms with van der Waals surface area (Å²) in [5.74, 6) is 2.01. The van der Waals surface area contributed by atoms with Gasteiger partial charge < -0.3 is 10.6 Å². The van der Waals surface area contributed by atoms with Crippen LogP contribution >= 0.6 is 23.5 Å². The van der Waals surface area contributed by atoms with Crippen LogP contribution in [-0.2, 0) is 16.1 Å². The van der Waals surface area contributed by atoms with E-state index in [1.54, 1.807) is 35.8 Å². The number of rotatable bonds is 9. The molecular weight excluding hydrogens is 330 g/mol. The van der Waals surface area contributed by atoms with Crippen LogP contribution in [0.4, 0.5) is 5.82 Å². The summed E-state index contributed by atoms with van der Waals surface area (Å²) in [4.78, 5) is 28.1. The second kappa shape index (κ2) is 10.5. The fraction of sp³-hybridized carbons (Fsp3) is 0.562. The number of hydrogen-bond donors (Lipinski definition) is 2. The van der Waals surface area contributed by atoms with Crippen molar-refractivity contribution in [2.75, 3.05) is 29.3 Å². The Morgan fingerprint density at radius 3 is 2.35 bits per heavy atom. The van der Waals surface area contributed by atoms with E-state index in [0.29, 0.717) is 12.4 Å². The van der Waals surface area contributed by atoms with Crippen LogP contribution in [0, 0.1) is 11.8 Å². The first-order chi connectivity index (χ1) is 11.0. The van der Waals surface area contributed by atoms with Gasteiger partial charge in [0, 0.05) is 36.1 Å². The van der Waals surface area contributed by atoms with Crippen LogP contribution in [0.15, 0.2) is 18.3 Å². The highest BCUT2D eigenvalue weighted by Crippen LogP contribution is 2.11. The fourth-order valence-corrected chi connectivity index (χ4v) is 3.22. The van der Waals surface area contributed by atoms with Crippen molar-refractivity contribution < 1.29 is 9.59 Å². The molecular formula is C16H25N3O2S2. The Hall–Kier alpha value is -1.21. The first kappa shape index (κ1) is 19.8. The van der Waals surface area contributed by atoms with E-state index < -0.39 is 0 Å². The first-order valence-electron chi connectivity index (χ1n) is 7.49. The molecule has 0 aliphatic carbocycles. The van der Waals surface area contributed by atoms with E-state index in [-0.39, 0.29) is 23.7 Å². The molecule has 1 rings (SSSR count). The molecule has 0 saturated heterocycles. The van der Waals surface area contributed by atoms with E-state index in [2.05, 4.69) is 15.6 Å². The summed E-state index contributed by atoms with van der Waals surface area (Å²) >= 11 is 3.29. The molecule has 23 heavy (non-hydrogen) atoms. The smallest absolute Gasteiger partial charge is 0.229 e. The summed E-state index contributed by atoms with van der Waals surface area (Å²) in [6.07, 6.45) is 5.60.